The number of nitrogens with one attached hydrogen (secondary N) is 1. The van der Waals surface area contributed by atoms with Crippen molar-refractivity contribution < 1.29 is 8.42 Å². The van der Waals surface area contributed by atoms with Crippen molar-refractivity contribution in [3.05, 3.63) is 18.5 Å². The lowest BCUT2D eigenvalue weighted by molar-refractivity contribution is 0.393. The van der Waals surface area contributed by atoms with Gasteiger partial charge in [0.25, 0.3) is 0 Å². The Labute approximate surface area is 108 Å². The molecule has 0 aliphatic carbocycles. The minimum atomic E-state index is -3.56. The summed E-state index contributed by atoms with van der Waals surface area (Å²) in [6, 6.07) is 1.53. The second kappa shape index (κ2) is 6.12. The van der Waals surface area contributed by atoms with Gasteiger partial charge in [-0.1, -0.05) is 20.3 Å². The molecular formula is C11H20N4O2S. The Bertz CT molecular complexity index is 490. The fourth-order valence-corrected chi connectivity index (χ4v) is 2.92. The van der Waals surface area contributed by atoms with E-state index in [1.54, 1.807) is 7.05 Å². The number of hydrazine groups is 1. The second-order valence-corrected chi connectivity index (χ2v) is 6.33. The Morgan fingerprint density at radius 2 is 2.22 bits per heavy atom. The molecule has 1 aromatic heterocycles. The summed E-state index contributed by atoms with van der Waals surface area (Å²) in [7, 11) is -1.99. The topological polar surface area (TPSA) is 88.3 Å². The summed E-state index contributed by atoms with van der Waals surface area (Å²) in [6.07, 6.45) is 3.72. The van der Waals surface area contributed by atoms with Crippen LogP contribution in [-0.2, 0) is 10.0 Å². The summed E-state index contributed by atoms with van der Waals surface area (Å²) in [5.74, 6) is 5.62. The lowest BCUT2D eigenvalue weighted by atomic mass is 10.1. The van der Waals surface area contributed by atoms with Gasteiger partial charge < -0.3 is 5.43 Å². The first-order chi connectivity index (χ1) is 8.43. The zero-order chi connectivity index (χ0) is 13.8. The molecule has 0 radical (unpaired) electrons. The maximum absolute atomic E-state index is 12.4. The van der Waals surface area contributed by atoms with Crippen molar-refractivity contribution in [1.82, 2.24) is 9.29 Å². The predicted octanol–water partition coefficient (Wildman–Crippen LogP) is 1.03. The Balaban J connectivity index is 3.05. The van der Waals surface area contributed by atoms with Crippen LogP contribution in [0.15, 0.2) is 23.4 Å². The van der Waals surface area contributed by atoms with Gasteiger partial charge in [-0.05, 0) is 12.0 Å². The maximum atomic E-state index is 12.4. The number of nitrogen functional groups attached to an aromatic ring is 1. The molecule has 0 aromatic carbocycles. The van der Waals surface area contributed by atoms with Gasteiger partial charge in [0.05, 0.1) is 5.69 Å². The van der Waals surface area contributed by atoms with Crippen LogP contribution in [0.2, 0.25) is 0 Å². The van der Waals surface area contributed by atoms with Crippen LogP contribution in [0.25, 0.3) is 0 Å². The van der Waals surface area contributed by atoms with Gasteiger partial charge in [-0.2, -0.15) is 0 Å². The minimum Gasteiger partial charge on any atom is -0.323 e. The number of sulfonamides is 1. The number of anilines is 1. The van der Waals surface area contributed by atoms with Crippen molar-refractivity contribution in [3.8, 4) is 0 Å². The van der Waals surface area contributed by atoms with Crippen molar-refractivity contribution >= 4 is 15.7 Å². The molecule has 1 atom stereocenters. The molecule has 0 saturated carbocycles. The number of hydrogen-bond acceptors (Lipinski definition) is 5. The molecule has 0 fully saturated rings. The van der Waals surface area contributed by atoms with Gasteiger partial charge in [0.15, 0.2) is 0 Å². The molecule has 0 bridgehead atoms. The van der Waals surface area contributed by atoms with E-state index in [2.05, 4.69) is 10.4 Å². The minimum absolute atomic E-state index is 0.0957. The number of rotatable bonds is 6. The van der Waals surface area contributed by atoms with E-state index >= 15 is 0 Å². The van der Waals surface area contributed by atoms with Crippen LogP contribution in [-0.4, -0.2) is 31.3 Å². The van der Waals surface area contributed by atoms with Crippen LogP contribution in [0, 0.1) is 5.92 Å². The second-order valence-electron chi connectivity index (χ2n) is 4.32. The van der Waals surface area contributed by atoms with Crippen molar-refractivity contribution in [3.63, 3.8) is 0 Å². The molecule has 1 unspecified atom stereocenters. The van der Waals surface area contributed by atoms with E-state index in [9.17, 15) is 8.42 Å². The summed E-state index contributed by atoms with van der Waals surface area (Å²) in [5, 5.41) is 0. The zero-order valence-corrected chi connectivity index (χ0v) is 11.7. The van der Waals surface area contributed by atoms with Crippen LogP contribution in [0.1, 0.15) is 20.3 Å². The molecule has 0 spiro atoms. The van der Waals surface area contributed by atoms with Crippen molar-refractivity contribution in [2.45, 2.75) is 25.2 Å². The molecule has 18 heavy (non-hydrogen) atoms. The van der Waals surface area contributed by atoms with Gasteiger partial charge in [0, 0.05) is 26.0 Å². The highest BCUT2D eigenvalue weighted by molar-refractivity contribution is 7.89. The lowest BCUT2D eigenvalue weighted by Gasteiger charge is -2.21. The molecule has 1 aromatic rings. The number of pyridine rings is 1. The third-order valence-electron chi connectivity index (χ3n) is 2.89. The summed E-state index contributed by atoms with van der Waals surface area (Å²) in [6.45, 7) is 4.51. The Morgan fingerprint density at radius 1 is 1.56 bits per heavy atom. The largest absolute Gasteiger partial charge is 0.323 e. The first-order valence-corrected chi connectivity index (χ1v) is 7.24. The highest BCUT2D eigenvalue weighted by atomic mass is 32.2. The fraction of sp³-hybridized carbons (Fsp3) is 0.545. The highest BCUT2D eigenvalue weighted by Gasteiger charge is 2.24. The Morgan fingerprint density at radius 3 is 2.78 bits per heavy atom. The summed E-state index contributed by atoms with van der Waals surface area (Å²) in [4.78, 5) is 3.94. The van der Waals surface area contributed by atoms with Crippen LogP contribution < -0.4 is 11.3 Å². The summed E-state index contributed by atoms with van der Waals surface area (Å²) >= 11 is 0. The van der Waals surface area contributed by atoms with Crippen molar-refractivity contribution in [2.75, 3.05) is 19.0 Å². The van der Waals surface area contributed by atoms with Crippen molar-refractivity contribution in [2.24, 2.45) is 11.8 Å². The number of nitrogens with two attached hydrogens (primary N) is 1. The maximum Gasteiger partial charge on any atom is 0.246 e. The van der Waals surface area contributed by atoms with E-state index in [0.29, 0.717) is 18.2 Å². The first-order valence-electron chi connectivity index (χ1n) is 5.80. The molecule has 6 nitrogen and oxygen atoms in total. The normalized spacial score (nSPS) is 13.6. The Kier molecular flexibility index (Phi) is 5.06. The standard InChI is InChI=1S/C11H20N4O2S/c1-4-9(2)8-15(3)18(16,17)11-7-13-6-5-10(11)14-12/h5-7,9H,4,8,12H2,1-3H3,(H,13,14). The van der Waals surface area contributed by atoms with Gasteiger partial charge >= 0.3 is 0 Å². The third-order valence-corrected chi connectivity index (χ3v) is 4.74. The van der Waals surface area contributed by atoms with E-state index < -0.39 is 10.0 Å². The highest BCUT2D eigenvalue weighted by Crippen LogP contribution is 2.22. The predicted molar refractivity (Wildman–Crippen MR) is 71.3 cm³/mol. The van der Waals surface area contributed by atoms with Crippen LogP contribution in [0.5, 0.6) is 0 Å². The van der Waals surface area contributed by atoms with E-state index in [1.807, 2.05) is 13.8 Å². The van der Waals surface area contributed by atoms with Crippen molar-refractivity contribution in [1.29, 1.82) is 0 Å². The average molecular weight is 272 g/mol. The molecule has 0 saturated heterocycles. The first kappa shape index (κ1) is 14.9. The van der Waals surface area contributed by atoms with Gasteiger partial charge in [-0.3, -0.25) is 10.8 Å². The molecule has 7 heteroatoms. The third kappa shape index (κ3) is 3.18. The monoisotopic (exact) mass is 272 g/mol. The molecule has 1 rings (SSSR count). The van der Waals surface area contributed by atoms with Gasteiger partial charge in [0.1, 0.15) is 4.90 Å². The van der Waals surface area contributed by atoms with Gasteiger partial charge in [-0.25, -0.2) is 12.7 Å². The fourth-order valence-electron chi connectivity index (χ4n) is 1.54. The quantitative estimate of drug-likeness (QED) is 0.596. The van der Waals surface area contributed by atoms with Crippen LogP contribution >= 0.6 is 0 Å². The van der Waals surface area contributed by atoms with E-state index in [4.69, 9.17) is 5.84 Å². The summed E-state index contributed by atoms with van der Waals surface area (Å²) < 4.78 is 26.0. The summed E-state index contributed by atoms with van der Waals surface area (Å²) in [5.41, 5.74) is 2.73. The number of nitrogens with zero attached hydrogens (tertiary/aromatic N) is 2. The molecule has 1 heterocycles. The molecule has 0 aliphatic heterocycles. The van der Waals surface area contributed by atoms with Gasteiger partial charge in [0.2, 0.25) is 10.0 Å². The molecule has 3 N–H and O–H groups in total. The molecule has 102 valence electrons. The average Bonchev–Trinajstić information content (AvgIpc) is 2.38. The smallest absolute Gasteiger partial charge is 0.246 e. The van der Waals surface area contributed by atoms with Crippen LogP contribution in [0.4, 0.5) is 5.69 Å². The molecule has 0 aliphatic rings. The molecule has 0 amide bonds. The van der Waals surface area contributed by atoms with E-state index in [0.717, 1.165) is 6.42 Å². The Hall–Kier alpha value is -1.18. The van der Waals surface area contributed by atoms with Crippen LogP contribution in [0.3, 0.4) is 0 Å². The van der Waals surface area contributed by atoms with Gasteiger partial charge in [-0.15, -0.1) is 0 Å². The van der Waals surface area contributed by atoms with E-state index in [1.165, 1.54) is 22.8 Å². The lowest BCUT2D eigenvalue weighted by Crippen LogP contribution is -2.31. The molecular weight excluding hydrogens is 252 g/mol. The number of aromatic nitrogens is 1. The SMILES string of the molecule is CCC(C)CN(C)S(=O)(=O)c1cnccc1NN. The zero-order valence-electron chi connectivity index (χ0n) is 10.9. The number of hydrogen-bond donors (Lipinski definition) is 2. The van der Waals surface area contributed by atoms with E-state index in [-0.39, 0.29) is 4.90 Å².